The van der Waals surface area contributed by atoms with Crippen LogP contribution in [0.4, 0.5) is 15.8 Å². The van der Waals surface area contributed by atoms with Gasteiger partial charge in [0.1, 0.15) is 17.5 Å². The number of carbonyl (C=O) groups excluding carboxylic acids is 3. The molecule has 0 unspecified atom stereocenters. The molecule has 224 valence electrons. The Labute approximate surface area is 253 Å². The standard InChI is InChI=1S/C34H29FN2O7/c1-3-19-42-26-16-14-24(15-17-26)36-32(38)29-30(37(44-31(29)33(36)39)25-7-5-4-6-8-25)22-11-18-27(28(20-22)41-2)43-34(40)21-9-12-23(35)13-10-21/h4-18,20,29-31H,3,19H2,1-2H3/t29-,30-,31-/m0/s1. The first-order chi connectivity index (χ1) is 21.4. The van der Waals surface area contributed by atoms with Crippen molar-refractivity contribution in [3.63, 3.8) is 0 Å². The van der Waals surface area contributed by atoms with E-state index >= 15 is 0 Å². The summed E-state index contributed by atoms with van der Waals surface area (Å²) in [4.78, 5) is 47.8. The van der Waals surface area contributed by atoms with Gasteiger partial charge < -0.3 is 14.2 Å². The zero-order valence-electron chi connectivity index (χ0n) is 24.0. The summed E-state index contributed by atoms with van der Waals surface area (Å²) in [5.41, 5.74) is 1.85. The zero-order chi connectivity index (χ0) is 30.8. The number of hydroxylamine groups is 1. The van der Waals surface area contributed by atoms with E-state index < -0.39 is 41.7 Å². The summed E-state index contributed by atoms with van der Waals surface area (Å²) < 4.78 is 30.1. The maximum Gasteiger partial charge on any atom is 0.343 e. The first-order valence-electron chi connectivity index (χ1n) is 14.2. The van der Waals surface area contributed by atoms with Crippen LogP contribution in [0.2, 0.25) is 0 Å². The number of fused-ring (bicyclic) bond motifs is 1. The molecule has 10 heteroatoms. The minimum atomic E-state index is -1.06. The number of esters is 1. The monoisotopic (exact) mass is 596 g/mol. The van der Waals surface area contributed by atoms with Crippen molar-refractivity contribution in [3.05, 3.63) is 114 Å². The summed E-state index contributed by atoms with van der Waals surface area (Å²) in [7, 11) is 1.43. The van der Waals surface area contributed by atoms with Gasteiger partial charge in [0.15, 0.2) is 17.6 Å². The van der Waals surface area contributed by atoms with Crippen LogP contribution < -0.4 is 24.2 Å². The van der Waals surface area contributed by atoms with Gasteiger partial charge in [-0.2, -0.15) is 0 Å². The Morgan fingerprint density at radius 3 is 2.27 bits per heavy atom. The van der Waals surface area contributed by atoms with Crippen molar-refractivity contribution in [1.29, 1.82) is 0 Å². The second-order valence-corrected chi connectivity index (χ2v) is 10.3. The van der Waals surface area contributed by atoms with E-state index in [0.717, 1.165) is 11.3 Å². The largest absolute Gasteiger partial charge is 0.494 e. The van der Waals surface area contributed by atoms with Crippen LogP contribution in [0.5, 0.6) is 17.2 Å². The maximum atomic E-state index is 14.0. The van der Waals surface area contributed by atoms with Crippen molar-refractivity contribution >= 4 is 29.2 Å². The Bertz CT molecular complexity index is 1680. The number of nitrogens with zero attached hydrogens (tertiary/aromatic N) is 2. The molecular weight excluding hydrogens is 567 g/mol. The fourth-order valence-electron chi connectivity index (χ4n) is 5.42. The number of amides is 2. The van der Waals surface area contributed by atoms with Gasteiger partial charge in [-0.1, -0.05) is 31.2 Å². The van der Waals surface area contributed by atoms with Gasteiger partial charge in [-0.15, -0.1) is 0 Å². The Morgan fingerprint density at radius 2 is 1.59 bits per heavy atom. The average Bonchev–Trinajstić information content (AvgIpc) is 3.56. The molecule has 0 N–H and O–H groups in total. The minimum Gasteiger partial charge on any atom is -0.494 e. The third-order valence-corrected chi connectivity index (χ3v) is 7.51. The van der Waals surface area contributed by atoms with E-state index in [1.807, 2.05) is 37.3 Å². The van der Waals surface area contributed by atoms with E-state index in [9.17, 15) is 18.8 Å². The molecule has 2 fully saturated rings. The quantitative estimate of drug-likeness (QED) is 0.134. The van der Waals surface area contributed by atoms with Crippen LogP contribution >= 0.6 is 0 Å². The van der Waals surface area contributed by atoms with Gasteiger partial charge in [0.2, 0.25) is 5.91 Å². The van der Waals surface area contributed by atoms with Crippen LogP contribution in [0.25, 0.3) is 0 Å². The smallest absolute Gasteiger partial charge is 0.343 e. The summed E-state index contributed by atoms with van der Waals surface area (Å²) in [5, 5.41) is 1.57. The van der Waals surface area contributed by atoms with E-state index in [-0.39, 0.29) is 17.1 Å². The molecule has 2 heterocycles. The average molecular weight is 597 g/mol. The number of halogens is 1. The number of ether oxygens (including phenoxy) is 3. The molecule has 44 heavy (non-hydrogen) atoms. The van der Waals surface area contributed by atoms with Gasteiger partial charge >= 0.3 is 5.97 Å². The van der Waals surface area contributed by atoms with Gasteiger partial charge in [0.05, 0.1) is 36.7 Å². The molecule has 0 radical (unpaired) electrons. The van der Waals surface area contributed by atoms with Crippen molar-refractivity contribution in [2.24, 2.45) is 5.92 Å². The fourth-order valence-corrected chi connectivity index (χ4v) is 5.42. The number of imide groups is 1. The molecule has 4 aromatic carbocycles. The SMILES string of the molecule is CCCOc1ccc(N2C(=O)[C@@H]3[C@H](ON(c4ccccc4)[C@H]3c3ccc(OC(=O)c4ccc(F)cc4)c(OC)c3)C2=O)cc1. The van der Waals surface area contributed by atoms with E-state index in [2.05, 4.69) is 0 Å². The molecule has 2 aliphatic rings. The van der Waals surface area contributed by atoms with Gasteiger partial charge in [0.25, 0.3) is 5.91 Å². The van der Waals surface area contributed by atoms with Crippen LogP contribution in [-0.2, 0) is 14.4 Å². The van der Waals surface area contributed by atoms with E-state index in [1.54, 1.807) is 47.5 Å². The Morgan fingerprint density at radius 1 is 0.864 bits per heavy atom. The van der Waals surface area contributed by atoms with Crippen LogP contribution in [0, 0.1) is 11.7 Å². The summed E-state index contributed by atoms with van der Waals surface area (Å²) in [6.45, 7) is 2.57. The first kappa shape index (κ1) is 28.9. The predicted octanol–water partition coefficient (Wildman–Crippen LogP) is 5.89. The molecule has 0 bridgehead atoms. The van der Waals surface area contributed by atoms with Gasteiger partial charge in [-0.25, -0.2) is 19.1 Å². The highest BCUT2D eigenvalue weighted by Gasteiger charge is 2.60. The van der Waals surface area contributed by atoms with E-state index in [4.69, 9.17) is 19.0 Å². The molecule has 2 amide bonds. The number of carbonyl (C=O) groups is 3. The lowest BCUT2D eigenvalue weighted by Gasteiger charge is -2.29. The van der Waals surface area contributed by atoms with E-state index in [0.29, 0.717) is 29.3 Å². The van der Waals surface area contributed by atoms with Crippen molar-refractivity contribution in [3.8, 4) is 17.2 Å². The third-order valence-electron chi connectivity index (χ3n) is 7.51. The molecule has 3 atom stereocenters. The van der Waals surface area contributed by atoms with Gasteiger partial charge in [-0.05, 0) is 84.8 Å². The Balaban J connectivity index is 1.33. The van der Waals surface area contributed by atoms with Crippen molar-refractivity contribution in [2.45, 2.75) is 25.5 Å². The normalized spacial score (nSPS) is 19.2. The summed E-state index contributed by atoms with van der Waals surface area (Å²) in [6, 6.07) is 25.2. The molecule has 4 aromatic rings. The highest BCUT2D eigenvalue weighted by molar-refractivity contribution is 6.24. The zero-order valence-corrected chi connectivity index (χ0v) is 24.0. The van der Waals surface area contributed by atoms with Crippen LogP contribution in [0.15, 0.2) is 97.1 Å². The molecule has 2 saturated heterocycles. The summed E-state index contributed by atoms with van der Waals surface area (Å²) in [5.74, 6) is -1.91. The van der Waals surface area contributed by atoms with Gasteiger partial charge in [0, 0.05) is 0 Å². The molecule has 2 aliphatic heterocycles. The third kappa shape index (κ3) is 5.35. The Hall–Kier alpha value is -5.22. The molecule has 0 aromatic heterocycles. The summed E-state index contributed by atoms with van der Waals surface area (Å²) in [6.07, 6.45) is -0.210. The fraction of sp³-hybridized carbons (Fsp3) is 0.206. The number of methoxy groups -OCH3 is 1. The highest BCUT2D eigenvalue weighted by atomic mass is 19.1. The van der Waals surface area contributed by atoms with Crippen molar-refractivity contribution < 1.29 is 37.8 Å². The number of hydrogen-bond donors (Lipinski definition) is 0. The molecular formula is C34H29FN2O7. The predicted molar refractivity (Wildman–Crippen MR) is 159 cm³/mol. The minimum absolute atomic E-state index is 0.133. The molecule has 6 rings (SSSR count). The topological polar surface area (TPSA) is 94.6 Å². The molecule has 0 spiro atoms. The number of benzene rings is 4. The number of anilines is 2. The lowest BCUT2D eigenvalue weighted by atomic mass is 9.90. The van der Waals surface area contributed by atoms with Crippen molar-refractivity contribution in [2.75, 3.05) is 23.7 Å². The van der Waals surface area contributed by atoms with Crippen molar-refractivity contribution in [1.82, 2.24) is 0 Å². The second kappa shape index (κ2) is 12.2. The summed E-state index contributed by atoms with van der Waals surface area (Å²) >= 11 is 0. The van der Waals surface area contributed by atoms with Crippen LogP contribution in [0.1, 0.15) is 35.3 Å². The number of hydrogen-bond acceptors (Lipinski definition) is 8. The first-order valence-corrected chi connectivity index (χ1v) is 14.2. The second-order valence-electron chi connectivity index (χ2n) is 10.3. The molecule has 0 aliphatic carbocycles. The maximum absolute atomic E-state index is 14.0. The van der Waals surface area contributed by atoms with E-state index in [1.165, 1.54) is 31.4 Å². The molecule has 9 nitrogen and oxygen atoms in total. The van der Waals surface area contributed by atoms with Crippen LogP contribution in [0.3, 0.4) is 0 Å². The lowest BCUT2D eigenvalue weighted by Crippen LogP contribution is -2.37. The number of rotatable bonds is 9. The Kier molecular flexibility index (Phi) is 7.99. The number of para-hydroxylation sites is 1. The lowest BCUT2D eigenvalue weighted by molar-refractivity contribution is -0.126. The van der Waals surface area contributed by atoms with Gasteiger partial charge in [-0.3, -0.25) is 14.4 Å². The van der Waals surface area contributed by atoms with Crippen LogP contribution in [-0.4, -0.2) is 37.6 Å². The highest BCUT2D eigenvalue weighted by Crippen LogP contribution is 2.48. The molecule has 0 saturated carbocycles.